The highest BCUT2D eigenvalue weighted by atomic mass is 35.5. The van der Waals surface area contributed by atoms with Gasteiger partial charge in [0.1, 0.15) is 42.3 Å². The average Bonchev–Trinajstić information content (AvgIpc) is 0.823. The van der Waals surface area contributed by atoms with Crippen LogP contribution in [-0.2, 0) is 74.9 Å². The second kappa shape index (κ2) is 42.0. The van der Waals surface area contributed by atoms with Gasteiger partial charge in [0.05, 0.1) is 36.6 Å². The van der Waals surface area contributed by atoms with Gasteiger partial charge in [0.15, 0.2) is 0 Å². The molecule has 5 aliphatic rings. The van der Waals surface area contributed by atoms with E-state index in [9.17, 15) is 56.3 Å². The summed E-state index contributed by atoms with van der Waals surface area (Å²) >= 11 is 6.17. The number of piperidine rings is 1. The molecule has 106 heavy (non-hydrogen) atoms. The highest BCUT2D eigenvalue weighted by molar-refractivity contribution is 6.31. The lowest BCUT2D eigenvalue weighted by atomic mass is 9.82. The van der Waals surface area contributed by atoms with Crippen molar-refractivity contribution in [3.63, 3.8) is 0 Å². The van der Waals surface area contributed by atoms with Gasteiger partial charge in [-0.3, -0.25) is 57.5 Å². The number of likely N-dealkylation sites (N-methyl/N-ethyl adjacent to an activating group) is 8. The molecule has 8 atom stereocenters. The molecule has 1 aromatic rings. The van der Waals surface area contributed by atoms with Crippen molar-refractivity contribution >= 4 is 82.5 Å². The fraction of sp³-hybridized carbons (Fsp3) is 0.766. The van der Waals surface area contributed by atoms with Crippen molar-refractivity contribution in [3.05, 3.63) is 34.3 Å². The summed E-state index contributed by atoms with van der Waals surface area (Å²) in [5, 5.41) is 8.10. The minimum absolute atomic E-state index is 0.0171. The molecule has 6 rings (SSSR count). The Hall–Kier alpha value is -7.10. The fourth-order valence-electron chi connectivity index (χ4n) is 15.6. The Kier molecular flexibility index (Phi) is 34.8. The topological polar surface area (TPSA) is 279 Å². The number of hydrogen-bond donors (Lipinski definition) is 3. The minimum atomic E-state index is -4.75. The smallest absolute Gasteiger partial charge is 0.381 e. The van der Waals surface area contributed by atoms with Gasteiger partial charge in [-0.25, -0.2) is 0 Å². The summed E-state index contributed by atoms with van der Waals surface area (Å²) in [5.74, 6) is -7.91. The normalized spacial score (nSPS) is 25.8. The Morgan fingerprint density at radius 1 is 0.575 bits per heavy atom. The number of alkyl halides is 3. The molecule has 29 heteroatoms. The Balaban J connectivity index is 1.38. The third-order valence-electron chi connectivity index (χ3n) is 22.8. The molecule has 0 unspecified atom stereocenters. The first kappa shape index (κ1) is 87.8. The van der Waals surface area contributed by atoms with Crippen LogP contribution in [-0.4, -0.2) is 266 Å². The first-order valence-electron chi connectivity index (χ1n) is 38.8. The molecule has 3 heterocycles. The summed E-state index contributed by atoms with van der Waals surface area (Å²) in [7, 11) is 11.6. The second-order valence-corrected chi connectivity index (χ2v) is 31.5. The van der Waals surface area contributed by atoms with E-state index in [1.807, 2.05) is 20.8 Å². The molecule has 3 saturated heterocycles. The number of amides is 12. The number of carbonyl (C=O) groups is 12. The van der Waals surface area contributed by atoms with Gasteiger partial charge in [-0.15, -0.1) is 0 Å². The van der Waals surface area contributed by atoms with E-state index >= 15 is 14.4 Å². The van der Waals surface area contributed by atoms with E-state index in [4.69, 9.17) is 16.3 Å². The van der Waals surface area contributed by atoms with Crippen molar-refractivity contribution < 1.29 is 75.4 Å². The zero-order valence-corrected chi connectivity index (χ0v) is 65.8. The molecular formula is C77H122ClF3N12O13. The summed E-state index contributed by atoms with van der Waals surface area (Å²) in [4.78, 5) is 189. The number of benzene rings is 1. The van der Waals surface area contributed by atoms with Gasteiger partial charge in [-0.1, -0.05) is 103 Å². The van der Waals surface area contributed by atoms with E-state index in [1.165, 1.54) is 79.9 Å². The monoisotopic (exact) mass is 1510 g/mol. The van der Waals surface area contributed by atoms with Crippen LogP contribution in [0.1, 0.15) is 199 Å². The van der Waals surface area contributed by atoms with Crippen LogP contribution in [0.25, 0.3) is 0 Å². The van der Waals surface area contributed by atoms with E-state index in [0.717, 1.165) is 97.5 Å². The lowest BCUT2D eigenvalue weighted by Crippen LogP contribution is -2.60. The number of rotatable bonds is 14. The van der Waals surface area contributed by atoms with E-state index in [0.29, 0.717) is 76.8 Å². The van der Waals surface area contributed by atoms with Crippen LogP contribution < -0.4 is 16.0 Å². The molecule has 0 spiro atoms. The van der Waals surface area contributed by atoms with Crippen LogP contribution in [0.2, 0.25) is 5.02 Å². The Morgan fingerprint density at radius 2 is 1.18 bits per heavy atom. The van der Waals surface area contributed by atoms with Gasteiger partial charge in [0, 0.05) is 95.7 Å². The molecular weight excluding hydrogens is 1390 g/mol. The number of likely N-dealkylation sites (tertiary alicyclic amines) is 1. The maximum Gasteiger partial charge on any atom is 0.417 e. The Labute approximate surface area is 631 Å². The van der Waals surface area contributed by atoms with Crippen molar-refractivity contribution in [2.45, 2.75) is 243 Å². The molecule has 3 aliphatic heterocycles. The largest absolute Gasteiger partial charge is 0.417 e. The van der Waals surface area contributed by atoms with Gasteiger partial charge in [0.25, 0.3) is 0 Å². The summed E-state index contributed by atoms with van der Waals surface area (Å²) in [6.45, 7) is 7.60. The van der Waals surface area contributed by atoms with Gasteiger partial charge < -0.3 is 64.8 Å². The Morgan fingerprint density at radius 3 is 1.79 bits per heavy atom. The number of hydrogen-bond acceptors (Lipinski definition) is 13. The summed E-state index contributed by atoms with van der Waals surface area (Å²) in [6, 6.07) is -5.17. The highest BCUT2D eigenvalue weighted by Gasteiger charge is 2.45. The molecule has 596 valence electrons. The first-order valence-corrected chi connectivity index (χ1v) is 39.2. The highest BCUT2D eigenvalue weighted by Crippen LogP contribution is 2.36. The lowest BCUT2D eigenvalue weighted by molar-refractivity contribution is -0.155. The van der Waals surface area contributed by atoms with Gasteiger partial charge >= 0.3 is 6.18 Å². The number of aryl methyl sites for hydroxylation is 1. The van der Waals surface area contributed by atoms with Crippen molar-refractivity contribution in [3.8, 4) is 0 Å². The second-order valence-electron chi connectivity index (χ2n) is 31.1. The van der Waals surface area contributed by atoms with Crippen LogP contribution in [0.4, 0.5) is 13.2 Å². The summed E-state index contributed by atoms with van der Waals surface area (Å²) in [6.07, 6.45) is 8.39. The lowest BCUT2D eigenvalue weighted by Gasteiger charge is -2.41. The SMILES string of the molecule is CC[C@H](C)[C@@H]1NC(=O)[C@H](CC(C)C)N(C)C(=O)C[C@@H](C(=O)N2CCCCC2)N(C)C(=O)[C@H](C2CCCCC2)N(C)C(=O)CCCCNC(=O)[C@H](CCC2CCOCC2)N(C)C(=O)[C@H](CCc2ccc(C(F)(F)F)c(Cl)c2)NC(=O)CN(C)C(=O)[C@H](CC2CCCCC2)N(C)C(=O)CN(C)C(=O)CN(C)C1=O. The van der Waals surface area contributed by atoms with Gasteiger partial charge in [0.2, 0.25) is 70.9 Å². The van der Waals surface area contributed by atoms with E-state index in [1.54, 1.807) is 18.9 Å². The molecule has 0 bridgehead atoms. The zero-order valence-electron chi connectivity index (χ0n) is 65.0. The number of nitrogens with one attached hydrogen (secondary N) is 3. The van der Waals surface area contributed by atoms with Gasteiger partial charge in [-0.2, -0.15) is 13.2 Å². The summed E-state index contributed by atoms with van der Waals surface area (Å²) in [5.41, 5.74) is -0.748. The van der Waals surface area contributed by atoms with E-state index < -0.39 is 156 Å². The molecule has 5 fully saturated rings. The molecule has 0 aromatic heterocycles. The summed E-state index contributed by atoms with van der Waals surface area (Å²) < 4.78 is 47.3. The number of carbonyl (C=O) groups excluding carboxylic acids is 12. The standard InChI is InChI=1S/C77H122ClF3N12O13/c1-13-51(4)68-75(104)87(7)48-66(97)85(5)49-67(98)89(9)61(45-53-25-17-14-18-26-53)73(102)86(6)47-63(94)83-58(34-31-54-30-33-56(57(78)44-54)77(79,80)81)72(101)90(10)59(35-32-52-36-41-106-42-37-52)70(99)82-38-22-21-29-64(95)92(12)69(55-27-19-15-20-28-55)76(105)91(11)62(74(103)93-39-23-16-24-40-93)46-65(96)88(8)60(43-50(2)3)71(100)84-68/h30,33,44,50-53,55,58-62,68-69H,13-29,31-32,34-43,45-49H2,1-12H3,(H,82,99)(H,83,94)(H,84,100)/t51-,58-,59-,60-,61-,62-,68-,69-/m0/s1. The van der Waals surface area contributed by atoms with Crippen molar-refractivity contribution in [2.24, 2.45) is 29.6 Å². The average molecular weight is 1520 g/mol. The van der Waals surface area contributed by atoms with Gasteiger partial charge in [-0.05, 0) is 144 Å². The zero-order chi connectivity index (χ0) is 78.3. The molecule has 2 saturated carbocycles. The predicted molar refractivity (Wildman–Crippen MR) is 396 cm³/mol. The van der Waals surface area contributed by atoms with Crippen molar-refractivity contribution in [1.82, 2.24) is 60.0 Å². The molecule has 3 N–H and O–H groups in total. The van der Waals surface area contributed by atoms with Crippen molar-refractivity contribution in [1.29, 1.82) is 0 Å². The minimum Gasteiger partial charge on any atom is -0.381 e. The number of halogens is 4. The van der Waals surface area contributed by atoms with Crippen LogP contribution in [0.3, 0.4) is 0 Å². The van der Waals surface area contributed by atoms with E-state index in [2.05, 4.69) is 16.0 Å². The van der Waals surface area contributed by atoms with Crippen LogP contribution in [0, 0.1) is 29.6 Å². The predicted octanol–water partition coefficient (Wildman–Crippen LogP) is 7.32. The molecule has 12 amide bonds. The molecule has 0 radical (unpaired) electrons. The van der Waals surface area contributed by atoms with E-state index in [-0.39, 0.29) is 81.1 Å². The maximum atomic E-state index is 15.5. The quantitative estimate of drug-likeness (QED) is 0.165. The van der Waals surface area contributed by atoms with Crippen LogP contribution >= 0.6 is 11.6 Å². The molecule has 2 aliphatic carbocycles. The van der Waals surface area contributed by atoms with Crippen LogP contribution in [0.5, 0.6) is 0 Å². The van der Waals surface area contributed by atoms with Crippen molar-refractivity contribution in [2.75, 3.05) is 109 Å². The Bertz CT molecular complexity index is 3160. The number of ether oxygens (including phenoxy) is 1. The van der Waals surface area contributed by atoms with Crippen LogP contribution in [0.15, 0.2) is 18.2 Å². The third kappa shape index (κ3) is 25.2. The third-order valence-corrected chi connectivity index (χ3v) is 23.1. The maximum absolute atomic E-state index is 15.5. The molecule has 1 aromatic carbocycles. The number of nitrogens with zero attached hydrogens (tertiary/aromatic N) is 9. The fourth-order valence-corrected chi connectivity index (χ4v) is 15.9. The first-order chi connectivity index (χ1) is 50.1. The molecule has 25 nitrogen and oxygen atoms in total.